The fourth-order valence-corrected chi connectivity index (χ4v) is 1.48. The Kier molecular flexibility index (Phi) is 4.73. The lowest BCUT2D eigenvalue weighted by Gasteiger charge is -2.24. The van der Waals surface area contributed by atoms with Gasteiger partial charge in [0.2, 0.25) is 0 Å². The quantitative estimate of drug-likeness (QED) is 0.818. The van der Waals surface area contributed by atoms with Gasteiger partial charge in [0.25, 0.3) is 0 Å². The molecule has 0 saturated carbocycles. The summed E-state index contributed by atoms with van der Waals surface area (Å²) < 4.78 is 10.6. The summed E-state index contributed by atoms with van der Waals surface area (Å²) in [6, 6.07) is 7.03. The molecule has 0 heterocycles. The van der Waals surface area contributed by atoms with Gasteiger partial charge < -0.3 is 14.6 Å². The molecular formula is C14H20O4. The van der Waals surface area contributed by atoms with Gasteiger partial charge in [-0.25, -0.2) is 4.79 Å². The molecular weight excluding hydrogens is 232 g/mol. The highest BCUT2D eigenvalue weighted by molar-refractivity contribution is 5.79. The molecule has 4 nitrogen and oxygen atoms in total. The lowest BCUT2D eigenvalue weighted by Crippen LogP contribution is -2.39. The van der Waals surface area contributed by atoms with Crippen molar-refractivity contribution in [3.05, 3.63) is 29.8 Å². The van der Waals surface area contributed by atoms with E-state index in [2.05, 4.69) is 0 Å². The van der Waals surface area contributed by atoms with E-state index in [-0.39, 0.29) is 0 Å². The van der Waals surface area contributed by atoms with Crippen molar-refractivity contribution in [1.29, 1.82) is 0 Å². The third-order valence-electron chi connectivity index (χ3n) is 2.48. The Hall–Kier alpha value is -1.55. The third kappa shape index (κ3) is 3.74. The zero-order valence-corrected chi connectivity index (χ0v) is 11.3. The van der Waals surface area contributed by atoms with Crippen LogP contribution in [0.3, 0.4) is 0 Å². The summed E-state index contributed by atoms with van der Waals surface area (Å²) in [7, 11) is 0. The minimum absolute atomic E-state index is 0.319. The largest absolute Gasteiger partial charge is 0.476 e. The highest BCUT2D eigenvalue weighted by atomic mass is 16.6. The topological polar surface area (TPSA) is 55.8 Å². The Morgan fingerprint density at radius 2 is 2.11 bits per heavy atom. The zero-order valence-electron chi connectivity index (χ0n) is 11.3. The molecule has 18 heavy (non-hydrogen) atoms. The maximum absolute atomic E-state index is 11.7. The molecule has 0 spiro atoms. The Labute approximate surface area is 108 Å². The summed E-state index contributed by atoms with van der Waals surface area (Å²) in [5.74, 6) is 0.124. The van der Waals surface area contributed by atoms with E-state index in [0.29, 0.717) is 12.4 Å². The van der Waals surface area contributed by atoms with Crippen molar-refractivity contribution >= 4 is 5.97 Å². The molecule has 0 saturated heterocycles. The smallest absolute Gasteiger partial charge is 0.349 e. The summed E-state index contributed by atoms with van der Waals surface area (Å²) in [4.78, 5) is 11.7. The van der Waals surface area contributed by atoms with Crippen molar-refractivity contribution in [1.82, 2.24) is 0 Å². The van der Waals surface area contributed by atoms with Gasteiger partial charge in [0, 0.05) is 0 Å². The Bertz CT molecular complexity index is 410. The standard InChI is InChI=1S/C14H20O4/c1-5-17-13(16)14(3,4)18-12-8-6-7-11(9-12)10(2)15/h6-10,15H,5H2,1-4H3. The molecule has 0 aliphatic carbocycles. The van der Waals surface area contributed by atoms with Crippen LogP contribution in [0.2, 0.25) is 0 Å². The number of esters is 1. The molecule has 0 fully saturated rings. The molecule has 1 aromatic carbocycles. The average molecular weight is 252 g/mol. The van der Waals surface area contributed by atoms with Gasteiger partial charge in [0.15, 0.2) is 5.60 Å². The van der Waals surface area contributed by atoms with Crippen LogP contribution >= 0.6 is 0 Å². The van der Waals surface area contributed by atoms with Gasteiger partial charge in [-0.15, -0.1) is 0 Å². The molecule has 0 aliphatic heterocycles. The third-order valence-corrected chi connectivity index (χ3v) is 2.48. The van der Waals surface area contributed by atoms with Crippen molar-refractivity contribution in [2.45, 2.75) is 39.4 Å². The summed E-state index contributed by atoms with van der Waals surface area (Å²) in [6.45, 7) is 7.05. The lowest BCUT2D eigenvalue weighted by molar-refractivity contribution is -0.158. The lowest BCUT2D eigenvalue weighted by atomic mass is 10.1. The molecule has 1 rings (SSSR count). The van der Waals surface area contributed by atoms with E-state index in [1.54, 1.807) is 52.0 Å². The average Bonchev–Trinajstić information content (AvgIpc) is 2.29. The predicted molar refractivity (Wildman–Crippen MR) is 68.4 cm³/mol. The summed E-state index contributed by atoms with van der Waals surface area (Å²) >= 11 is 0. The minimum Gasteiger partial charge on any atom is -0.476 e. The molecule has 0 aromatic heterocycles. The van der Waals surface area contributed by atoms with Crippen molar-refractivity contribution in [2.24, 2.45) is 0 Å². The number of rotatable bonds is 5. The molecule has 1 aromatic rings. The number of carbonyl (C=O) groups excluding carboxylic acids is 1. The molecule has 0 radical (unpaired) electrons. The van der Waals surface area contributed by atoms with E-state index < -0.39 is 17.7 Å². The first-order chi connectivity index (χ1) is 8.36. The normalized spacial score (nSPS) is 12.9. The number of benzene rings is 1. The van der Waals surface area contributed by atoms with Crippen molar-refractivity contribution in [3.8, 4) is 5.75 Å². The van der Waals surface area contributed by atoms with Crippen LogP contribution in [-0.4, -0.2) is 23.3 Å². The van der Waals surface area contributed by atoms with E-state index in [1.807, 2.05) is 0 Å². The SMILES string of the molecule is CCOC(=O)C(C)(C)Oc1cccc(C(C)O)c1. The second-order valence-electron chi connectivity index (χ2n) is 4.58. The summed E-state index contributed by atoms with van der Waals surface area (Å²) in [5, 5.41) is 9.49. The van der Waals surface area contributed by atoms with Gasteiger partial charge >= 0.3 is 5.97 Å². The first kappa shape index (κ1) is 14.5. The van der Waals surface area contributed by atoms with Gasteiger partial charge in [-0.05, 0) is 45.4 Å². The number of hydrogen-bond donors (Lipinski definition) is 1. The van der Waals surface area contributed by atoms with Crippen LogP contribution in [0.1, 0.15) is 39.4 Å². The molecule has 1 unspecified atom stereocenters. The Morgan fingerprint density at radius 1 is 1.44 bits per heavy atom. The summed E-state index contributed by atoms with van der Waals surface area (Å²) in [5.41, 5.74) is -0.306. The maximum Gasteiger partial charge on any atom is 0.349 e. The molecule has 0 aliphatic rings. The predicted octanol–water partition coefficient (Wildman–Crippen LogP) is 2.46. The van der Waals surface area contributed by atoms with Crippen LogP contribution in [0.25, 0.3) is 0 Å². The second-order valence-corrected chi connectivity index (χ2v) is 4.58. The molecule has 100 valence electrons. The van der Waals surface area contributed by atoms with Gasteiger partial charge in [-0.1, -0.05) is 12.1 Å². The molecule has 0 amide bonds. The fraction of sp³-hybridized carbons (Fsp3) is 0.500. The Balaban J connectivity index is 2.83. The van der Waals surface area contributed by atoms with Gasteiger partial charge in [-0.3, -0.25) is 0 Å². The van der Waals surface area contributed by atoms with Crippen LogP contribution in [-0.2, 0) is 9.53 Å². The van der Waals surface area contributed by atoms with Crippen LogP contribution in [0.5, 0.6) is 5.75 Å². The van der Waals surface area contributed by atoms with Gasteiger partial charge in [0.1, 0.15) is 5.75 Å². The van der Waals surface area contributed by atoms with E-state index >= 15 is 0 Å². The van der Waals surface area contributed by atoms with E-state index in [1.165, 1.54) is 0 Å². The van der Waals surface area contributed by atoms with Crippen molar-refractivity contribution in [2.75, 3.05) is 6.61 Å². The van der Waals surface area contributed by atoms with Crippen LogP contribution in [0, 0.1) is 0 Å². The number of aliphatic hydroxyl groups excluding tert-OH is 1. The van der Waals surface area contributed by atoms with Crippen LogP contribution < -0.4 is 4.74 Å². The molecule has 4 heteroatoms. The summed E-state index contributed by atoms with van der Waals surface area (Å²) in [6.07, 6.45) is -0.570. The first-order valence-electron chi connectivity index (χ1n) is 6.01. The number of ether oxygens (including phenoxy) is 2. The Morgan fingerprint density at radius 3 is 2.67 bits per heavy atom. The molecule has 1 atom stereocenters. The van der Waals surface area contributed by atoms with Crippen LogP contribution in [0.4, 0.5) is 0 Å². The molecule has 1 N–H and O–H groups in total. The second kappa shape index (κ2) is 5.87. The highest BCUT2D eigenvalue weighted by Gasteiger charge is 2.31. The van der Waals surface area contributed by atoms with Gasteiger partial charge in [-0.2, -0.15) is 0 Å². The van der Waals surface area contributed by atoms with Crippen molar-refractivity contribution in [3.63, 3.8) is 0 Å². The number of aliphatic hydroxyl groups is 1. The fourth-order valence-electron chi connectivity index (χ4n) is 1.48. The maximum atomic E-state index is 11.7. The van der Waals surface area contributed by atoms with E-state index in [9.17, 15) is 9.90 Å². The molecule has 0 bridgehead atoms. The van der Waals surface area contributed by atoms with Crippen LogP contribution in [0.15, 0.2) is 24.3 Å². The van der Waals surface area contributed by atoms with E-state index in [4.69, 9.17) is 9.47 Å². The van der Waals surface area contributed by atoms with Gasteiger partial charge in [0.05, 0.1) is 12.7 Å². The highest BCUT2D eigenvalue weighted by Crippen LogP contribution is 2.23. The number of carbonyl (C=O) groups is 1. The zero-order chi connectivity index (χ0) is 13.8. The number of hydrogen-bond acceptors (Lipinski definition) is 4. The minimum atomic E-state index is -1.05. The van der Waals surface area contributed by atoms with Crippen molar-refractivity contribution < 1.29 is 19.4 Å². The first-order valence-corrected chi connectivity index (χ1v) is 6.01. The van der Waals surface area contributed by atoms with E-state index in [0.717, 1.165) is 5.56 Å². The monoisotopic (exact) mass is 252 g/mol.